The van der Waals surface area contributed by atoms with E-state index in [1.165, 1.54) is 6.26 Å². The molecule has 0 radical (unpaired) electrons. The maximum absolute atomic E-state index is 12.5. The molecule has 0 bridgehead atoms. The highest BCUT2D eigenvalue weighted by Gasteiger charge is 2.39. The molecule has 3 unspecified atom stereocenters. The van der Waals surface area contributed by atoms with Gasteiger partial charge in [-0.2, -0.15) is 0 Å². The quantitative estimate of drug-likeness (QED) is 0.885. The average Bonchev–Trinajstić information content (AvgIpc) is 3.09. The van der Waals surface area contributed by atoms with Crippen LogP contribution in [-0.2, 0) is 0 Å². The second-order valence-corrected chi connectivity index (χ2v) is 5.61. The summed E-state index contributed by atoms with van der Waals surface area (Å²) in [4.78, 5) is 14.4. The third-order valence-corrected chi connectivity index (χ3v) is 4.49. The highest BCUT2D eigenvalue weighted by atomic mass is 16.5. The number of aromatic nitrogens is 1. The number of likely N-dealkylation sites (tertiary alicyclic amines) is 1. The number of hydrogen-bond acceptors (Lipinski definition) is 4. The van der Waals surface area contributed by atoms with E-state index in [0.29, 0.717) is 5.69 Å². The Morgan fingerprint density at radius 3 is 2.89 bits per heavy atom. The Bertz CT molecular complexity index is 432. The number of rotatable bonds is 2. The molecule has 0 aromatic carbocycles. The molecule has 1 amide bonds. The van der Waals surface area contributed by atoms with Gasteiger partial charge < -0.3 is 14.5 Å². The molecule has 2 aliphatic rings. The van der Waals surface area contributed by atoms with E-state index in [9.17, 15) is 9.90 Å². The van der Waals surface area contributed by atoms with Gasteiger partial charge in [0.25, 0.3) is 5.91 Å². The minimum absolute atomic E-state index is 0.0578. The van der Waals surface area contributed by atoms with Crippen LogP contribution >= 0.6 is 0 Å². The lowest BCUT2D eigenvalue weighted by Gasteiger charge is -2.40. The van der Waals surface area contributed by atoms with Crippen LogP contribution in [0.4, 0.5) is 0 Å². The molecule has 5 heteroatoms. The first kappa shape index (κ1) is 12.7. The molecule has 104 valence electrons. The summed E-state index contributed by atoms with van der Waals surface area (Å²) in [6.07, 6.45) is 7.28. The zero-order valence-electron chi connectivity index (χ0n) is 11.0. The molecule has 3 atom stereocenters. The highest BCUT2D eigenvalue weighted by Crippen LogP contribution is 2.35. The van der Waals surface area contributed by atoms with Crippen molar-refractivity contribution in [3.05, 3.63) is 18.0 Å². The van der Waals surface area contributed by atoms with Crippen LogP contribution in [0.2, 0.25) is 0 Å². The summed E-state index contributed by atoms with van der Waals surface area (Å²) >= 11 is 0. The van der Waals surface area contributed by atoms with Gasteiger partial charge in [-0.3, -0.25) is 4.79 Å². The summed E-state index contributed by atoms with van der Waals surface area (Å²) in [5.74, 6) is 0.175. The van der Waals surface area contributed by atoms with Crippen LogP contribution in [0.15, 0.2) is 16.9 Å². The van der Waals surface area contributed by atoms with Crippen LogP contribution in [-0.4, -0.2) is 39.8 Å². The van der Waals surface area contributed by atoms with Gasteiger partial charge in [-0.15, -0.1) is 0 Å². The Morgan fingerprint density at radius 2 is 2.21 bits per heavy atom. The fourth-order valence-electron chi connectivity index (χ4n) is 3.54. The molecule has 1 N–H and O–H groups in total. The van der Waals surface area contributed by atoms with Gasteiger partial charge in [-0.05, 0) is 32.1 Å². The SMILES string of the molecule is O=C(c1ccon1)N1CCCCC1C1CCCC1O. The molecular formula is C14H20N2O3. The van der Waals surface area contributed by atoms with Crippen LogP contribution in [0.25, 0.3) is 0 Å². The minimum Gasteiger partial charge on any atom is -0.393 e. The van der Waals surface area contributed by atoms with Crippen molar-refractivity contribution < 1.29 is 14.4 Å². The largest absolute Gasteiger partial charge is 0.393 e. The predicted molar refractivity (Wildman–Crippen MR) is 68.5 cm³/mol. The maximum atomic E-state index is 12.5. The first-order valence-electron chi connectivity index (χ1n) is 7.17. The van der Waals surface area contributed by atoms with Gasteiger partial charge in [0.2, 0.25) is 0 Å². The van der Waals surface area contributed by atoms with Crippen LogP contribution in [0, 0.1) is 5.92 Å². The summed E-state index contributed by atoms with van der Waals surface area (Å²) < 4.78 is 4.76. The monoisotopic (exact) mass is 264 g/mol. The molecule has 1 aliphatic heterocycles. The molecule has 1 aromatic heterocycles. The Morgan fingerprint density at radius 1 is 1.32 bits per heavy atom. The van der Waals surface area contributed by atoms with Crippen LogP contribution in [0.3, 0.4) is 0 Å². The molecule has 5 nitrogen and oxygen atoms in total. The van der Waals surface area contributed by atoms with Crippen molar-refractivity contribution in [1.29, 1.82) is 0 Å². The van der Waals surface area contributed by atoms with Crippen molar-refractivity contribution in [2.24, 2.45) is 5.92 Å². The number of carbonyl (C=O) groups excluding carboxylic acids is 1. The third kappa shape index (κ3) is 2.39. The molecule has 1 aromatic rings. The maximum Gasteiger partial charge on any atom is 0.276 e. The number of aliphatic hydroxyl groups excluding tert-OH is 1. The third-order valence-electron chi connectivity index (χ3n) is 4.49. The predicted octanol–water partition coefficient (Wildman–Crippen LogP) is 1.83. The molecule has 19 heavy (non-hydrogen) atoms. The molecule has 1 saturated carbocycles. The van der Waals surface area contributed by atoms with Gasteiger partial charge >= 0.3 is 0 Å². The lowest BCUT2D eigenvalue weighted by molar-refractivity contribution is 0.0281. The van der Waals surface area contributed by atoms with Crippen molar-refractivity contribution in [3.8, 4) is 0 Å². The van der Waals surface area contributed by atoms with Gasteiger partial charge in [0, 0.05) is 24.6 Å². The number of aliphatic hydroxyl groups is 1. The normalized spacial score (nSPS) is 31.6. The zero-order chi connectivity index (χ0) is 13.2. The molecule has 2 heterocycles. The molecule has 1 aliphatic carbocycles. The van der Waals surface area contributed by atoms with Crippen molar-refractivity contribution in [3.63, 3.8) is 0 Å². The number of amides is 1. The van der Waals surface area contributed by atoms with Gasteiger partial charge in [0.1, 0.15) is 6.26 Å². The fourth-order valence-corrected chi connectivity index (χ4v) is 3.54. The van der Waals surface area contributed by atoms with Gasteiger partial charge in [0.05, 0.1) is 6.10 Å². The van der Waals surface area contributed by atoms with Crippen LogP contribution in [0.5, 0.6) is 0 Å². The van der Waals surface area contributed by atoms with Gasteiger partial charge in [-0.25, -0.2) is 0 Å². The molecular weight excluding hydrogens is 244 g/mol. The van der Waals surface area contributed by atoms with Crippen molar-refractivity contribution in [1.82, 2.24) is 10.1 Å². The second-order valence-electron chi connectivity index (χ2n) is 5.61. The van der Waals surface area contributed by atoms with E-state index in [1.54, 1.807) is 6.07 Å². The molecule has 1 saturated heterocycles. The lowest BCUT2D eigenvalue weighted by atomic mass is 9.87. The molecule has 0 spiro atoms. The van der Waals surface area contributed by atoms with E-state index >= 15 is 0 Å². The first-order valence-corrected chi connectivity index (χ1v) is 7.17. The van der Waals surface area contributed by atoms with E-state index < -0.39 is 0 Å². The Labute approximate surface area is 112 Å². The lowest BCUT2D eigenvalue weighted by Crippen LogP contribution is -2.49. The zero-order valence-corrected chi connectivity index (χ0v) is 11.0. The van der Waals surface area contributed by atoms with Crippen molar-refractivity contribution >= 4 is 5.91 Å². The number of piperidine rings is 1. The Balaban J connectivity index is 1.79. The van der Waals surface area contributed by atoms with Crippen molar-refractivity contribution in [2.45, 2.75) is 50.7 Å². The molecule has 3 rings (SSSR count). The van der Waals surface area contributed by atoms with Crippen molar-refractivity contribution in [2.75, 3.05) is 6.54 Å². The summed E-state index contributed by atoms with van der Waals surface area (Å²) in [5, 5.41) is 13.8. The summed E-state index contributed by atoms with van der Waals surface area (Å²) in [7, 11) is 0. The van der Waals surface area contributed by atoms with Gasteiger partial charge in [-0.1, -0.05) is 11.6 Å². The van der Waals surface area contributed by atoms with E-state index in [-0.39, 0.29) is 24.0 Å². The standard InChI is InChI=1S/C14H20N2O3/c17-13-6-3-4-10(13)12-5-1-2-8-16(12)14(18)11-7-9-19-15-11/h7,9-10,12-13,17H,1-6,8H2. The number of hydrogen-bond donors (Lipinski definition) is 1. The topological polar surface area (TPSA) is 66.6 Å². The van der Waals surface area contributed by atoms with E-state index in [1.807, 2.05) is 4.90 Å². The van der Waals surface area contributed by atoms with Crippen LogP contribution < -0.4 is 0 Å². The smallest absolute Gasteiger partial charge is 0.276 e. The van der Waals surface area contributed by atoms with E-state index in [2.05, 4.69) is 5.16 Å². The summed E-state index contributed by atoms with van der Waals surface area (Å²) in [6, 6.07) is 1.77. The number of carbonyl (C=O) groups is 1. The van der Waals surface area contributed by atoms with E-state index in [0.717, 1.165) is 45.1 Å². The second kappa shape index (κ2) is 5.33. The minimum atomic E-state index is -0.254. The molecule has 2 fully saturated rings. The first-order chi connectivity index (χ1) is 9.27. The average molecular weight is 264 g/mol. The highest BCUT2D eigenvalue weighted by molar-refractivity contribution is 5.92. The van der Waals surface area contributed by atoms with Crippen LogP contribution in [0.1, 0.15) is 49.0 Å². The Hall–Kier alpha value is -1.36. The van der Waals surface area contributed by atoms with Gasteiger partial charge in [0.15, 0.2) is 5.69 Å². The van der Waals surface area contributed by atoms with E-state index in [4.69, 9.17) is 4.52 Å². The summed E-state index contributed by atoms with van der Waals surface area (Å²) in [6.45, 7) is 0.763. The Kier molecular flexibility index (Phi) is 3.55. The number of nitrogens with zero attached hydrogens (tertiary/aromatic N) is 2. The fraction of sp³-hybridized carbons (Fsp3) is 0.714. The summed E-state index contributed by atoms with van der Waals surface area (Å²) in [5.41, 5.74) is 0.374.